The number of fused-ring (bicyclic) bond motifs is 6. The Labute approximate surface area is 668 Å². The van der Waals surface area contributed by atoms with Crippen molar-refractivity contribution in [2.75, 3.05) is 0 Å². The fraction of sp³-hybridized carbons (Fsp3) is 0.0202. The van der Waals surface area contributed by atoms with Crippen LogP contribution >= 0.6 is 0 Å². The average Bonchev–Trinajstić information content (AvgIpc) is 1.60. The summed E-state index contributed by atoms with van der Waals surface area (Å²) in [6.07, 6.45) is -4.89. The molecule has 117 heavy (non-hydrogen) atoms. The van der Waals surface area contributed by atoms with E-state index < -0.39 is 11.7 Å². The molecule has 0 aliphatic heterocycles. The number of benzene rings is 14. The normalized spacial score (nSPS) is 11.6. The Hall–Kier alpha value is -16.0. The Bertz CT molecular complexity index is 6690. The molecule has 0 N–H and O–H groups in total. The van der Waals surface area contributed by atoms with E-state index in [1.165, 1.54) is 6.07 Å². The fourth-order valence-electron chi connectivity index (χ4n) is 15.4. The summed E-state index contributed by atoms with van der Waals surface area (Å²) in [7, 11) is 0. The lowest BCUT2D eigenvalue weighted by atomic mass is 9.92. The molecular formula is C99H60F3N15. The van der Waals surface area contributed by atoms with E-state index in [2.05, 4.69) is 0 Å². The first-order valence-corrected chi connectivity index (χ1v) is 37.9. The Kier molecular flexibility index (Phi) is 17.5. The van der Waals surface area contributed by atoms with Crippen molar-refractivity contribution in [1.29, 1.82) is 0 Å². The van der Waals surface area contributed by atoms with E-state index in [0.29, 0.717) is 136 Å². The maximum atomic E-state index is 16.5. The van der Waals surface area contributed by atoms with Crippen LogP contribution in [0, 0.1) is 13.5 Å². The maximum Gasteiger partial charge on any atom is 0.417 e. The first-order chi connectivity index (χ1) is 57.5. The van der Waals surface area contributed by atoms with Gasteiger partial charge in [0.1, 0.15) is 0 Å². The topological polar surface area (TPSA) is 169 Å². The fourth-order valence-corrected chi connectivity index (χ4v) is 15.4. The van der Waals surface area contributed by atoms with Crippen molar-refractivity contribution in [3.63, 3.8) is 0 Å². The molecule has 0 aliphatic carbocycles. The Morgan fingerprint density at radius 2 is 0.496 bits per heavy atom. The van der Waals surface area contributed by atoms with E-state index in [0.717, 1.165) is 61.3 Å². The summed E-state index contributed by atoms with van der Waals surface area (Å²) in [5.41, 5.74) is 10.4. The molecule has 20 aromatic rings. The van der Waals surface area contributed by atoms with E-state index in [9.17, 15) is 6.57 Å². The molecule has 0 fully saturated rings. The molecule has 18 heteroatoms. The van der Waals surface area contributed by atoms with Crippen molar-refractivity contribution < 1.29 is 13.2 Å². The number of halogens is 3. The quantitative estimate of drug-likeness (QED) is 0.0892. The largest absolute Gasteiger partial charge is 0.417 e. The standard InChI is InChI=1S/C99H60F3N15/c1-60-28-27-45-78(99(100,101)102)84(60)77-54-55-79(116-80-56-69(95-108-87(61-29-11-3-12-30-61)104-88(109-95)62-31-13-4-14-32-62)46-50-73(80)74-51-47-70(57-81(74)116)96-110-89(63-33-15-5-16-34-63)105-90(111-96)64-35-17-6-18-36-64)85(103-2)86(77)117-82-58-71(97-112-91(65-37-19-7-20-38-65)106-92(113-97)66-39-21-8-22-40-66)48-52-75(82)76-53-49-72(59-83(76)117)98-114-93(67-41-23-9-24-42-67)107-94(115-98)68-43-25-10-26-44-68/h3-59H,1H3. The van der Waals surface area contributed by atoms with Crippen molar-refractivity contribution in [1.82, 2.24) is 68.9 Å². The van der Waals surface area contributed by atoms with Gasteiger partial charge in [-0.15, -0.1) is 0 Å². The highest BCUT2D eigenvalue weighted by Crippen LogP contribution is 2.51. The molecule has 14 aromatic carbocycles. The number of aryl methyl sites for hydroxylation is 1. The van der Waals surface area contributed by atoms with Crippen molar-refractivity contribution >= 4 is 49.3 Å². The summed E-state index contributed by atoms with van der Waals surface area (Å²) >= 11 is 0. The molecule has 0 saturated heterocycles. The van der Waals surface area contributed by atoms with Crippen LogP contribution in [0.15, 0.2) is 346 Å². The highest BCUT2D eigenvalue weighted by atomic mass is 19.4. The molecule has 0 bridgehead atoms. The lowest BCUT2D eigenvalue weighted by molar-refractivity contribution is -0.137. The first-order valence-electron chi connectivity index (χ1n) is 37.9. The predicted octanol–water partition coefficient (Wildman–Crippen LogP) is 24.2. The van der Waals surface area contributed by atoms with Crippen LogP contribution in [0.1, 0.15) is 11.1 Å². The third-order valence-electron chi connectivity index (χ3n) is 20.9. The maximum absolute atomic E-state index is 16.5. The average molecular weight is 1520 g/mol. The summed E-state index contributed by atoms with van der Waals surface area (Å²) in [6, 6.07) is 109. The molecular weight excluding hydrogens is 1460 g/mol. The summed E-state index contributed by atoms with van der Waals surface area (Å²) < 4.78 is 53.5. The molecule has 0 saturated carbocycles. The van der Waals surface area contributed by atoms with Crippen molar-refractivity contribution in [2.24, 2.45) is 0 Å². The Balaban J connectivity index is 0.914. The molecule has 0 amide bonds. The van der Waals surface area contributed by atoms with Gasteiger partial charge in [0.25, 0.3) is 0 Å². The van der Waals surface area contributed by atoms with Crippen LogP contribution in [-0.4, -0.2) is 68.9 Å². The first kappa shape index (κ1) is 70.1. The molecule has 15 nitrogen and oxygen atoms in total. The molecule has 0 radical (unpaired) electrons. The van der Waals surface area contributed by atoms with Crippen LogP contribution in [0.25, 0.3) is 208 Å². The number of nitrogens with zero attached hydrogens (tertiary/aromatic N) is 15. The molecule has 0 unspecified atom stereocenters. The number of rotatable bonds is 15. The van der Waals surface area contributed by atoms with E-state index in [4.69, 9.17) is 64.7 Å². The van der Waals surface area contributed by atoms with Gasteiger partial charge < -0.3 is 9.13 Å². The highest BCUT2D eigenvalue weighted by molar-refractivity contribution is 6.15. The van der Waals surface area contributed by atoms with Gasteiger partial charge in [0.05, 0.1) is 45.6 Å². The van der Waals surface area contributed by atoms with Gasteiger partial charge >= 0.3 is 6.18 Å². The lowest BCUT2D eigenvalue weighted by Gasteiger charge is -2.23. The molecule has 0 aliphatic rings. The molecule has 6 heterocycles. The minimum absolute atomic E-state index is 0.0142. The predicted molar refractivity (Wildman–Crippen MR) is 455 cm³/mol. The number of hydrogen-bond acceptors (Lipinski definition) is 12. The molecule has 0 spiro atoms. The zero-order valence-electron chi connectivity index (χ0n) is 62.3. The van der Waals surface area contributed by atoms with Gasteiger partial charge in [-0.25, -0.2) is 64.7 Å². The van der Waals surface area contributed by atoms with Crippen molar-refractivity contribution in [2.45, 2.75) is 13.1 Å². The minimum atomic E-state index is -4.89. The second-order valence-electron chi connectivity index (χ2n) is 28.2. The van der Waals surface area contributed by atoms with Gasteiger partial charge in [-0.05, 0) is 60.0 Å². The third kappa shape index (κ3) is 13.1. The van der Waals surface area contributed by atoms with Crippen molar-refractivity contribution in [3.05, 3.63) is 368 Å². The Morgan fingerprint density at radius 3 is 0.735 bits per heavy atom. The van der Waals surface area contributed by atoms with Gasteiger partial charge in [-0.1, -0.05) is 309 Å². The zero-order chi connectivity index (χ0) is 78.7. The second kappa shape index (κ2) is 29.3. The van der Waals surface area contributed by atoms with E-state index in [1.807, 2.05) is 325 Å². The molecule has 552 valence electrons. The van der Waals surface area contributed by atoms with Crippen LogP contribution in [0.3, 0.4) is 0 Å². The SMILES string of the molecule is [C-]#[N+]c1c(-n2c3cc(-c4nc(-c5ccccc5)nc(-c5ccccc5)n4)ccc3c3ccc(-c4nc(-c5ccccc5)nc(-c5ccccc5)n4)cc32)ccc(-c2c(C)cccc2C(F)(F)F)c1-n1c2cc(-c3nc(-c4ccccc4)nc(-c4ccccc4)n3)ccc2c2ccc(-c3nc(-c4ccccc4)nc(-c4ccccc4)n3)cc21. The smallest absolute Gasteiger partial charge is 0.319 e. The van der Waals surface area contributed by atoms with E-state index in [1.54, 1.807) is 25.1 Å². The number of hydrogen-bond donors (Lipinski definition) is 0. The van der Waals surface area contributed by atoms with Crippen LogP contribution in [0.4, 0.5) is 18.9 Å². The van der Waals surface area contributed by atoms with Gasteiger partial charge in [0.2, 0.25) is 5.69 Å². The van der Waals surface area contributed by atoms with Gasteiger partial charge in [-0.3, -0.25) is 0 Å². The molecule has 20 rings (SSSR count). The van der Waals surface area contributed by atoms with Crippen LogP contribution in [-0.2, 0) is 6.18 Å². The van der Waals surface area contributed by atoms with Gasteiger partial charge in [0, 0.05) is 88.3 Å². The molecule has 0 atom stereocenters. The van der Waals surface area contributed by atoms with Crippen molar-refractivity contribution in [3.8, 4) is 159 Å². The van der Waals surface area contributed by atoms with Crippen LogP contribution < -0.4 is 0 Å². The Morgan fingerprint density at radius 1 is 0.256 bits per heavy atom. The zero-order valence-corrected chi connectivity index (χ0v) is 62.3. The summed E-state index contributed by atoms with van der Waals surface area (Å²) in [6.45, 7) is 11.7. The van der Waals surface area contributed by atoms with E-state index in [-0.39, 0.29) is 22.5 Å². The number of aromatic nitrogens is 14. The lowest BCUT2D eigenvalue weighted by Crippen LogP contribution is -2.10. The second-order valence-corrected chi connectivity index (χ2v) is 28.2. The molecule has 6 aromatic heterocycles. The van der Waals surface area contributed by atoms with Gasteiger partial charge in [0.15, 0.2) is 69.9 Å². The minimum Gasteiger partial charge on any atom is -0.319 e. The summed E-state index contributed by atoms with van der Waals surface area (Å²) in [5, 5.41) is 2.91. The van der Waals surface area contributed by atoms with E-state index >= 15 is 13.2 Å². The van der Waals surface area contributed by atoms with Crippen LogP contribution in [0.2, 0.25) is 0 Å². The summed E-state index contributed by atoms with van der Waals surface area (Å²) in [4.78, 5) is 66.7. The monoisotopic (exact) mass is 1520 g/mol. The third-order valence-corrected chi connectivity index (χ3v) is 20.9. The highest BCUT2D eigenvalue weighted by Gasteiger charge is 2.37. The number of alkyl halides is 3. The summed E-state index contributed by atoms with van der Waals surface area (Å²) in [5.74, 6) is 4.82. The van der Waals surface area contributed by atoms with Crippen LogP contribution in [0.5, 0.6) is 0 Å². The van der Waals surface area contributed by atoms with Gasteiger partial charge in [-0.2, -0.15) is 13.2 Å².